The molecular weight excluding hydrogens is 448 g/mol. The molecule has 0 saturated heterocycles. The molecule has 2 saturated carbocycles. The highest BCUT2D eigenvalue weighted by molar-refractivity contribution is 5.47. The molecule has 1 atom stereocenters. The Balaban J connectivity index is 0.000000233. The third kappa shape index (κ3) is 6.77. The van der Waals surface area contributed by atoms with E-state index in [1.54, 1.807) is 7.11 Å². The quantitative estimate of drug-likeness (QED) is 0.338. The lowest BCUT2D eigenvalue weighted by atomic mass is 9.87. The van der Waals surface area contributed by atoms with Crippen LogP contribution in [-0.2, 0) is 5.41 Å². The summed E-state index contributed by atoms with van der Waals surface area (Å²) in [6, 6.07) is 16.3. The number of hydrogen-bond donors (Lipinski definition) is 0. The van der Waals surface area contributed by atoms with Crippen molar-refractivity contribution in [2.45, 2.75) is 84.7 Å². The molecule has 5 rings (SSSR count). The number of hydrogen-bond acceptors (Lipinski definition) is 5. The van der Waals surface area contributed by atoms with Crippen molar-refractivity contribution in [3.8, 4) is 23.1 Å². The second-order valence-corrected chi connectivity index (χ2v) is 11.1. The predicted octanol–water partition coefficient (Wildman–Crippen LogP) is 7.93. The lowest BCUT2D eigenvalue weighted by Crippen LogP contribution is -2.16. The van der Waals surface area contributed by atoms with Crippen LogP contribution in [0.25, 0.3) is 0 Å². The van der Waals surface area contributed by atoms with Gasteiger partial charge in [0.2, 0.25) is 5.75 Å². The molecule has 0 N–H and O–H groups in total. The molecule has 0 bridgehead atoms. The van der Waals surface area contributed by atoms with Gasteiger partial charge in [-0.25, -0.2) is 4.98 Å². The minimum atomic E-state index is 0.140. The summed E-state index contributed by atoms with van der Waals surface area (Å²) in [5.74, 6) is 4.43. The Morgan fingerprint density at radius 2 is 1.50 bits per heavy atom. The van der Waals surface area contributed by atoms with E-state index in [1.165, 1.54) is 24.0 Å². The van der Waals surface area contributed by atoms with E-state index in [4.69, 9.17) is 19.2 Å². The van der Waals surface area contributed by atoms with Crippen LogP contribution in [0.2, 0.25) is 0 Å². The highest BCUT2D eigenvalue weighted by atomic mass is 16.5. The molecule has 192 valence electrons. The molecule has 0 amide bonds. The van der Waals surface area contributed by atoms with Gasteiger partial charge in [0.05, 0.1) is 12.8 Å². The summed E-state index contributed by atoms with van der Waals surface area (Å²) in [7, 11) is 1.63. The van der Waals surface area contributed by atoms with Crippen LogP contribution in [0, 0.1) is 19.8 Å². The number of nitrogens with zero attached hydrogens (tertiary/aromatic N) is 2. The standard InChI is InChI=1S/C20H24N2O3.C11H16/c1-12-18(25-17-7-5-4-6-16(17)23-3)20(24-13(2)14-8-9-14)22-19(21-12)15-10-11-15;1-9-5-7-10(8-6-9)11(2,3)4/h4-7,13-15H,8-11H2,1-3H3;5-8H,1-4H3. The number of para-hydroxylation sites is 2. The number of rotatable bonds is 7. The van der Waals surface area contributed by atoms with E-state index in [2.05, 4.69) is 63.9 Å². The summed E-state index contributed by atoms with van der Waals surface area (Å²) in [6.45, 7) is 12.9. The van der Waals surface area contributed by atoms with Crippen LogP contribution in [0.5, 0.6) is 23.1 Å². The Morgan fingerprint density at radius 3 is 2.06 bits per heavy atom. The van der Waals surface area contributed by atoms with Gasteiger partial charge in [-0.2, -0.15) is 4.98 Å². The van der Waals surface area contributed by atoms with Crippen molar-refractivity contribution in [3.63, 3.8) is 0 Å². The second-order valence-electron chi connectivity index (χ2n) is 11.1. The molecule has 0 spiro atoms. The largest absolute Gasteiger partial charge is 0.493 e. The lowest BCUT2D eigenvalue weighted by molar-refractivity contribution is 0.181. The summed E-state index contributed by atoms with van der Waals surface area (Å²) < 4.78 is 17.7. The van der Waals surface area contributed by atoms with Crippen molar-refractivity contribution >= 4 is 0 Å². The number of ether oxygens (including phenoxy) is 3. The summed E-state index contributed by atoms with van der Waals surface area (Å²) in [4.78, 5) is 9.36. The molecule has 2 aromatic carbocycles. The van der Waals surface area contributed by atoms with Crippen LogP contribution in [-0.4, -0.2) is 23.2 Å². The SMILES string of the molecule is COc1ccccc1Oc1c(C)nc(C2CC2)nc1OC(C)C1CC1.Cc1ccc(C(C)(C)C)cc1. The molecule has 2 fully saturated rings. The monoisotopic (exact) mass is 488 g/mol. The normalized spacial score (nSPS) is 16.0. The van der Waals surface area contributed by atoms with E-state index in [0.29, 0.717) is 35.0 Å². The molecular formula is C31H40N2O3. The summed E-state index contributed by atoms with van der Waals surface area (Å²) in [5, 5.41) is 0. The number of aromatic nitrogens is 2. The fourth-order valence-electron chi connectivity index (χ4n) is 3.98. The maximum Gasteiger partial charge on any atom is 0.261 e. The van der Waals surface area contributed by atoms with Crippen LogP contribution in [0.1, 0.15) is 81.9 Å². The molecule has 36 heavy (non-hydrogen) atoms. The van der Waals surface area contributed by atoms with Crippen molar-refractivity contribution in [1.82, 2.24) is 9.97 Å². The lowest BCUT2D eigenvalue weighted by Gasteiger charge is -2.19. The molecule has 2 aliphatic carbocycles. The molecule has 5 nitrogen and oxygen atoms in total. The molecule has 0 aliphatic heterocycles. The topological polar surface area (TPSA) is 53.5 Å². The van der Waals surface area contributed by atoms with Crippen LogP contribution in [0.15, 0.2) is 48.5 Å². The predicted molar refractivity (Wildman–Crippen MR) is 145 cm³/mol. The van der Waals surface area contributed by atoms with Gasteiger partial charge in [0, 0.05) is 5.92 Å². The first kappa shape index (κ1) is 26.0. The highest BCUT2D eigenvalue weighted by Crippen LogP contribution is 2.44. The maximum absolute atomic E-state index is 6.20. The number of benzene rings is 2. The Kier molecular flexibility index (Phi) is 7.87. The van der Waals surface area contributed by atoms with E-state index in [9.17, 15) is 0 Å². The molecule has 1 aromatic heterocycles. The minimum Gasteiger partial charge on any atom is -0.493 e. The fourth-order valence-corrected chi connectivity index (χ4v) is 3.98. The first-order valence-electron chi connectivity index (χ1n) is 13.1. The first-order valence-corrected chi connectivity index (χ1v) is 13.1. The highest BCUT2D eigenvalue weighted by Gasteiger charge is 2.33. The smallest absolute Gasteiger partial charge is 0.261 e. The van der Waals surface area contributed by atoms with Crippen LogP contribution in [0.4, 0.5) is 0 Å². The van der Waals surface area contributed by atoms with E-state index in [1.807, 2.05) is 31.2 Å². The van der Waals surface area contributed by atoms with Gasteiger partial charge in [0.25, 0.3) is 5.88 Å². The van der Waals surface area contributed by atoms with Crippen molar-refractivity contribution in [2.75, 3.05) is 7.11 Å². The van der Waals surface area contributed by atoms with Crippen molar-refractivity contribution in [3.05, 3.63) is 71.2 Å². The summed E-state index contributed by atoms with van der Waals surface area (Å²) >= 11 is 0. The van der Waals surface area contributed by atoms with Crippen LogP contribution >= 0.6 is 0 Å². The van der Waals surface area contributed by atoms with Gasteiger partial charge in [-0.05, 0) is 75.5 Å². The van der Waals surface area contributed by atoms with Gasteiger partial charge in [-0.1, -0.05) is 62.7 Å². The zero-order chi connectivity index (χ0) is 25.9. The van der Waals surface area contributed by atoms with E-state index < -0.39 is 0 Å². The van der Waals surface area contributed by atoms with Crippen molar-refractivity contribution < 1.29 is 14.2 Å². The molecule has 1 unspecified atom stereocenters. The molecule has 2 aliphatic rings. The summed E-state index contributed by atoms with van der Waals surface area (Å²) in [5.41, 5.74) is 3.83. The van der Waals surface area contributed by atoms with Gasteiger partial charge < -0.3 is 14.2 Å². The van der Waals surface area contributed by atoms with Crippen molar-refractivity contribution in [1.29, 1.82) is 0 Å². The maximum atomic E-state index is 6.20. The first-order chi connectivity index (χ1) is 17.2. The Bertz CT molecular complexity index is 1160. The molecule has 1 heterocycles. The minimum absolute atomic E-state index is 0.140. The average molecular weight is 489 g/mol. The van der Waals surface area contributed by atoms with Gasteiger partial charge in [-0.15, -0.1) is 0 Å². The van der Waals surface area contributed by atoms with Crippen LogP contribution < -0.4 is 14.2 Å². The Labute approximate surface area is 216 Å². The Hall–Kier alpha value is -3.08. The second kappa shape index (κ2) is 10.9. The zero-order valence-corrected chi connectivity index (χ0v) is 22.8. The van der Waals surface area contributed by atoms with E-state index in [-0.39, 0.29) is 11.5 Å². The van der Waals surface area contributed by atoms with Gasteiger partial charge in [0.1, 0.15) is 11.9 Å². The average Bonchev–Trinajstić information content (AvgIpc) is 3.74. The fraction of sp³-hybridized carbons (Fsp3) is 0.484. The van der Waals surface area contributed by atoms with E-state index in [0.717, 1.165) is 24.4 Å². The zero-order valence-electron chi connectivity index (χ0n) is 22.8. The van der Waals surface area contributed by atoms with Gasteiger partial charge in [-0.3, -0.25) is 0 Å². The number of methoxy groups -OCH3 is 1. The summed E-state index contributed by atoms with van der Waals surface area (Å²) in [6.07, 6.45) is 4.90. The molecule has 0 radical (unpaired) electrons. The third-order valence-corrected chi connectivity index (χ3v) is 6.75. The van der Waals surface area contributed by atoms with Gasteiger partial charge >= 0.3 is 0 Å². The van der Waals surface area contributed by atoms with Crippen molar-refractivity contribution in [2.24, 2.45) is 5.92 Å². The third-order valence-electron chi connectivity index (χ3n) is 6.75. The molecule has 5 heteroatoms. The molecule has 3 aromatic rings. The van der Waals surface area contributed by atoms with Crippen LogP contribution in [0.3, 0.4) is 0 Å². The Morgan fingerprint density at radius 1 is 0.861 bits per heavy atom. The van der Waals surface area contributed by atoms with E-state index >= 15 is 0 Å². The van der Waals surface area contributed by atoms with Gasteiger partial charge in [0.15, 0.2) is 11.5 Å². The number of aryl methyl sites for hydroxylation is 2.